The van der Waals surface area contributed by atoms with E-state index in [0.717, 1.165) is 4.47 Å². The molecule has 1 amide bonds. The van der Waals surface area contributed by atoms with Gasteiger partial charge in [-0.1, -0.05) is 0 Å². The molecule has 0 atom stereocenters. The predicted octanol–water partition coefficient (Wildman–Crippen LogP) is 1.78. The number of rotatable bonds is 2. The van der Waals surface area contributed by atoms with Crippen LogP contribution in [0.4, 0.5) is 5.82 Å². The van der Waals surface area contributed by atoms with Gasteiger partial charge < -0.3 is 10.3 Å². The lowest BCUT2D eigenvalue weighted by Crippen LogP contribution is -2.15. The number of hydrogen-bond acceptors (Lipinski definition) is 3. The maximum absolute atomic E-state index is 11.7. The van der Waals surface area contributed by atoms with Crippen LogP contribution < -0.4 is 10.9 Å². The third-order valence-electron chi connectivity index (χ3n) is 2.02. The molecule has 0 aliphatic rings. The molecule has 0 aliphatic carbocycles. The summed E-state index contributed by atoms with van der Waals surface area (Å²) < 4.78 is 0.833. The summed E-state index contributed by atoms with van der Waals surface area (Å²) in [6.07, 6.45) is 2.94. The van der Waals surface area contributed by atoms with Gasteiger partial charge in [0, 0.05) is 22.9 Å². The van der Waals surface area contributed by atoms with Crippen molar-refractivity contribution in [3.63, 3.8) is 0 Å². The molecule has 2 N–H and O–H groups in total. The molecule has 0 bridgehead atoms. The van der Waals surface area contributed by atoms with E-state index in [2.05, 4.69) is 31.2 Å². The Morgan fingerprint density at radius 3 is 2.71 bits per heavy atom. The number of pyridine rings is 2. The van der Waals surface area contributed by atoms with Crippen molar-refractivity contribution >= 4 is 27.7 Å². The Morgan fingerprint density at radius 1 is 1.29 bits per heavy atom. The van der Waals surface area contributed by atoms with Crippen LogP contribution in [0.5, 0.6) is 0 Å². The van der Waals surface area contributed by atoms with Crippen molar-refractivity contribution in [3.8, 4) is 0 Å². The average Bonchev–Trinajstić information content (AvgIpc) is 2.33. The molecule has 0 aromatic carbocycles. The highest BCUT2D eigenvalue weighted by atomic mass is 79.9. The Balaban J connectivity index is 2.14. The summed E-state index contributed by atoms with van der Waals surface area (Å²) in [4.78, 5) is 29.0. The number of H-pyrrole nitrogens is 1. The predicted molar refractivity (Wildman–Crippen MR) is 67.0 cm³/mol. The summed E-state index contributed by atoms with van der Waals surface area (Å²) in [6, 6.07) is 6.19. The number of nitrogens with zero attached hydrogens (tertiary/aromatic N) is 1. The zero-order chi connectivity index (χ0) is 12.3. The van der Waals surface area contributed by atoms with Crippen molar-refractivity contribution in [2.24, 2.45) is 0 Å². The minimum absolute atomic E-state index is 0.247. The van der Waals surface area contributed by atoms with Crippen LogP contribution in [0.3, 0.4) is 0 Å². The highest BCUT2D eigenvalue weighted by molar-refractivity contribution is 9.10. The Hall–Kier alpha value is -1.95. The summed E-state index contributed by atoms with van der Waals surface area (Å²) in [5, 5.41) is 2.61. The molecule has 6 heteroatoms. The number of carbonyl (C=O) groups is 1. The van der Waals surface area contributed by atoms with Crippen LogP contribution in [0.2, 0.25) is 0 Å². The summed E-state index contributed by atoms with van der Waals surface area (Å²) >= 11 is 3.25. The highest BCUT2D eigenvalue weighted by Gasteiger charge is 2.06. The van der Waals surface area contributed by atoms with E-state index in [4.69, 9.17) is 0 Å². The smallest absolute Gasteiger partial charge is 0.258 e. The molecule has 0 spiro atoms. The molecular formula is C11H8BrN3O2. The molecule has 0 saturated carbocycles. The SMILES string of the molecule is O=C(Nc1ccc(Br)cn1)c1ccc(=O)[nH]c1. The van der Waals surface area contributed by atoms with Crippen LogP contribution in [0.1, 0.15) is 10.4 Å². The van der Waals surface area contributed by atoms with Gasteiger partial charge in [-0.15, -0.1) is 0 Å². The standard InChI is InChI=1S/C11H8BrN3O2/c12-8-2-3-9(13-6-8)15-11(17)7-1-4-10(16)14-5-7/h1-6H,(H,14,16)(H,13,15,17). The molecule has 2 heterocycles. The Labute approximate surface area is 105 Å². The van der Waals surface area contributed by atoms with Gasteiger partial charge in [-0.25, -0.2) is 4.98 Å². The number of anilines is 1. The fraction of sp³-hybridized carbons (Fsp3) is 0. The molecule has 2 aromatic rings. The summed E-state index contributed by atoms with van der Waals surface area (Å²) in [7, 11) is 0. The molecule has 86 valence electrons. The summed E-state index contributed by atoms with van der Waals surface area (Å²) in [6.45, 7) is 0. The van der Waals surface area contributed by atoms with Gasteiger partial charge in [0.25, 0.3) is 5.91 Å². The first-order chi connectivity index (χ1) is 8.15. The lowest BCUT2D eigenvalue weighted by atomic mass is 10.2. The zero-order valence-corrected chi connectivity index (χ0v) is 10.2. The zero-order valence-electron chi connectivity index (χ0n) is 8.61. The van der Waals surface area contributed by atoms with Crippen LogP contribution in [0.15, 0.2) is 45.9 Å². The number of amides is 1. The van der Waals surface area contributed by atoms with Crippen molar-refractivity contribution in [2.75, 3.05) is 5.32 Å². The lowest BCUT2D eigenvalue weighted by Gasteiger charge is -2.03. The van der Waals surface area contributed by atoms with E-state index in [1.54, 1.807) is 18.3 Å². The number of aromatic nitrogens is 2. The van der Waals surface area contributed by atoms with E-state index < -0.39 is 0 Å². The second kappa shape index (κ2) is 4.92. The molecular weight excluding hydrogens is 286 g/mol. The first-order valence-corrected chi connectivity index (χ1v) is 5.56. The summed E-state index contributed by atoms with van der Waals surface area (Å²) in [5.74, 6) is 0.125. The highest BCUT2D eigenvalue weighted by Crippen LogP contribution is 2.11. The maximum Gasteiger partial charge on any atom is 0.258 e. The van der Waals surface area contributed by atoms with Crippen molar-refractivity contribution in [3.05, 3.63) is 57.0 Å². The minimum atomic E-state index is -0.323. The van der Waals surface area contributed by atoms with E-state index >= 15 is 0 Å². The third-order valence-corrected chi connectivity index (χ3v) is 2.48. The third kappa shape index (κ3) is 3.01. The molecule has 0 saturated heterocycles. The molecule has 0 aliphatic heterocycles. The van der Waals surface area contributed by atoms with Gasteiger partial charge in [0.2, 0.25) is 5.56 Å². The van der Waals surface area contributed by atoms with Gasteiger partial charge in [0.15, 0.2) is 0 Å². The maximum atomic E-state index is 11.7. The second-order valence-electron chi connectivity index (χ2n) is 3.26. The molecule has 2 aromatic heterocycles. The van der Waals surface area contributed by atoms with Crippen LogP contribution >= 0.6 is 15.9 Å². The largest absolute Gasteiger partial charge is 0.328 e. The van der Waals surface area contributed by atoms with E-state index in [1.807, 2.05) is 0 Å². The second-order valence-corrected chi connectivity index (χ2v) is 4.17. The van der Waals surface area contributed by atoms with Crippen LogP contribution in [-0.4, -0.2) is 15.9 Å². The number of halogens is 1. The van der Waals surface area contributed by atoms with Crippen LogP contribution in [0, 0.1) is 0 Å². The Bertz CT molecular complexity index is 572. The van der Waals surface area contributed by atoms with Crippen molar-refractivity contribution in [1.82, 2.24) is 9.97 Å². The molecule has 17 heavy (non-hydrogen) atoms. The Morgan fingerprint density at radius 2 is 2.12 bits per heavy atom. The topological polar surface area (TPSA) is 74.8 Å². The molecule has 2 rings (SSSR count). The number of aromatic amines is 1. The van der Waals surface area contributed by atoms with Crippen LogP contribution in [0.25, 0.3) is 0 Å². The van der Waals surface area contributed by atoms with E-state index in [0.29, 0.717) is 11.4 Å². The number of nitrogens with one attached hydrogen (secondary N) is 2. The van der Waals surface area contributed by atoms with Crippen molar-refractivity contribution < 1.29 is 4.79 Å². The van der Waals surface area contributed by atoms with E-state index in [-0.39, 0.29) is 11.5 Å². The van der Waals surface area contributed by atoms with Gasteiger partial charge in [0.05, 0.1) is 5.56 Å². The molecule has 5 nitrogen and oxygen atoms in total. The molecule has 0 fully saturated rings. The van der Waals surface area contributed by atoms with Gasteiger partial charge >= 0.3 is 0 Å². The monoisotopic (exact) mass is 293 g/mol. The normalized spacial score (nSPS) is 9.94. The summed E-state index contributed by atoms with van der Waals surface area (Å²) in [5.41, 5.74) is 0.123. The van der Waals surface area contributed by atoms with Gasteiger partial charge in [-0.2, -0.15) is 0 Å². The molecule has 0 radical (unpaired) electrons. The number of carbonyl (C=O) groups excluding carboxylic acids is 1. The quantitative estimate of drug-likeness (QED) is 0.886. The average molecular weight is 294 g/mol. The van der Waals surface area contributed by atoms with E-state index in [9.17, 15) is 9.59 Å². The Kier molecular flexibility index (Phi) is 3.34. The number of hydrogen-bond donors (Lipinski definition) is 2. The fourth-order valence-corrected chi connectivity index (χ4v) is 1.42. The fourth-order valence-electron chi connectivity index (χ4n) is 1.19. The van der Waals surface area contributed by atoms with E-state index in [1.165, 1.54) is 18.3 Å². The van der Waals surface area contributed by atoms with Crippen molar-refractivity contribution in [2.45, 2.75) is 0 Å². The minimum Gasteiger partial charge on any atom is -0.328 e. The van der Waals surface area contributed by atoms with Gasteiger partial charge in [-0.3, -0.25) is 9.59 Å². The van der Waals surface area contributed by atoms with Crippen molar-refractivity contribution in [1.29, 1.82) is 0 Å². The van der Waals surface area contributed by atoms with Crippen LogP contribution in [-0.2, 0) is 0 Å². The first kappa shape index (κ1) is 11.5. The molecule has 0 unspecified atom stereocenters. The first-order valence-electron chi connectivity index (χ1n) is 4.77. The van der Waals surface area contributed by atoms with Gasteiger partial charge in [-0.05, 0) is 34.1 Å². The lowest BCUT2D eigenvalue weighted by molar-refractivity contribution is 0.102. The van der Waals surface area contributed by atoms with Gasteiger partial charge in [0.1, 0.15) is 5.82 Å².